The lowest BCUT2D eigenvalue weighted by molar-refractivity contribution is 0.0603. The summed E-state index contributed by atoms with van der Waals surface area (Å²) in [6.45, 7) is -1.11. The van der Waals surface area contributed by atoms with Crippen LogP contribution in [0, 0.1) is 11.7 Å². The first-order valence-electron chi connectivity index (χ1n) is 7.86. The van der Waals surface area contributed by atoms with Gasteiger partial charge in [0.05, 0.1) is 6.54 Å². The van der Waals surface area contributed by atoms with Crippen LogP contribution in [0.1, 0.15) is 35.6 Å². The van der Waals surface area contributed by atoms with E-state index in [1.807, 2.05) is 4.90 Å². The zero-order valence-corrected chi connectivity index (χ0v) is 13.0. The van der Waals surface area contributed by atoms with Crippen LogP contribution in [-0.4, -0.2) is 33.3 Å². The van der Waals surface area contributed by atoms with E-state index in [1.165, 1.54) is 36.7 Å². The molecule has 1 fully saturated rings. The highest BCUT2D eigenvalue weighted by atomic mass is 19.3. The molecule has 3 rings (SSSR count). The van der Waals surface area contributed by atoms with Crippen LogP contribution in [0.25, 0.3) is 0 Å². The molecule has 0 aliphatic carbocycles. The van der Waals surface area contributed by atoms with Gasteiger partial charge in [-0.05, 0) is 43.7 Å². The van der Waals surface area contributed by atoms with E-state index in [1.54, 1.807) is 0 Å². The number of carbonyl (C=O) groups is 1. The molecular weight excluding hydrogens is 319 g/mol. The van der Waals surface area contributed by atoms with Gasteiger partial charge in [0, 0.05) is 30.4 Å². The average molecular weight is 337 g/mol. The van der Waals surface area contributed by atoms with Crippen molar-refractivity contribution in [2.75, 3.05) is 13.1 Å². The Morgan fingerprint density at radius 1 is 1.29 bits per heavy atom. The molecule has 128 valence electrons. The average Bonchev–Trinajstić information content (AvgIpc) is 3.03. The predicted octanol–water partition coefficient (Wildman–Crippen LogP) is 3.51. The third-order valence-electron chi connectivity index (χ3n) is 4.33. The van der Waals surface area contributed by atoms with Gasteiger partial charge in [-0.15, -0.1) is 0 Å². The number of carbonyl (C=O) groups excluding carboxylic acids is 1. The molecule has 4 nitrogen and oxygen atoms in total. The van der Waals surface area contributed by atoms with Crippen LogP contribution in [-0.2, 0) is 6.54 Å². The Hall–Kier alpha value is -2.15. The molecule has 1 aromatic carbocycles. The number of imidazole rings is 1. The van der Waals surface area contributed by atoms with Gasteiger partial charge in [0.15, 0.2) is 5.78 Å². The normalized spacial score (nSPS) is 18.9. The minimum atomic E-state index is -2.62. The van der Waals surface area contributed by atoms with Crippen molar-refractivity contribution < 1.29 is 18.0 Å². The van der Waals surface area contributed by atoms with Gasteiger partial charge in [-0.2, -0.15) is 8.78 Å². The topological polar surface area (TPSA) is 38.1 Å². The van der Waals surface area contributed by atoms with Crippen molar-refractivity contribution in [3.63, 3.8) is 0 Å². The fourth-order valence-corrected chi connectivity index (χ4v) is 3.11. The molecule has 2 aromatic rings. The second-order valence-corrected chi connectivity index (χ2v) is 5.97. The number of Topliss-reactive ketones (excluding diaryl/α,β-unsaturated/α-hetero) is 1. The second-order valence-electron chi connectivity index (χ2n) is 5.97. The summed E-state index contributed by atoms with van der Waals surface area (Å²) in [5, 5.41) is 0. The second kappa shape index (κ2) is 7.17. The van der Waals surface area contributed by atoms with Gasteiger partial charge in [0.1, 0.15) is 11.6 Å². The zero-order chi connectivity index (χ0) is 17.1. The molecule has 2 heterocycles. The number of likely N-dealkylation sites (tertiary alicyclic amines) is 1. The van der Waals surface area contributed by atoms with Crippen LogP contribution in [0.4, 0.5) is 13.2 Å². The van der Waals surface area contributed by atoms with E-state index < -0.39 is 6.55 Å². The third-order valence-corrected chi connectivity index (χ3v) is 4.33. The Morgan fingerprint density at radius 3 is 2.75 bits per heavy atom. The minimum Gasteiger partial charge on any atom is -0.295 e. The molecular formula is C17H18F3N3O. The molecule has 0 unspecified atom stereocenters. The zero-order valence-electron chi connectivity index (χ0n) is 13.0. The molecule has 0 saturated carbocycles. The predicted molar refractivity (Wildman–Crippen MR) is 82.2 cm³/mol. The fraction of sp³-hybridized carbons (Fsp3) is 0.412. The van der Waals surface area contributed by atoms with Crippen LogP contribution in [0.15, 0.2) is 36.7 Å². The van der Waals surface area contributed by atoms with Crippen molar-refractivity contribution in [2.24, 2.45) is 5.92 Å². The number of rotatable bonds is 5. The highest BCUT2D eigenvalue weighted by Gasteiger charge is 2.27. The van der Waals surface area contributed by atoms with E-state index >= 15 is 0 Å². The number of piperidine rings is 1. The largest absolute Gasteiger partial charge is 0.319 e. The third kappa shape index (κ3) is 3.67. The van der Waals surface area contributed by atoms with E-state index in [9.17, 15) is 18.0 Å². The molecule has 0 N–H and O–H groups in total. The summed E-state index contributed by atoms with van der Waals surface area (Å²) in [6.07, 6.45) is 4.17. The van der Waals surface area contributed by atoms with Gasteiger partial charge >= 0.3 is 6.55 Å². The number of hydrogen-bond donors (Lipinski definition) is 0. The van der Waals surface area contributed by atoms with E-state index in [4.69, 9.17) is 0 Å². The summed E-state index contributed by atoms with van der Waals surface area (Å²) in [5.41, 5.74) is 0.484. The quantitative estimate of drug-likeness (QED) is 0.784. The number of alkyl halides is 2. The van der Waals surface area contributed by atoms with Gasteiger partial charge < -0.3 is 0 Å². The van der Waals surface area contributed by atoms with Crippen molar-refractivity contribution in [2.45, 2.75) is 25.9 Å². The van der Waals surface area contributed by atoms with Crippen LogP contribution >= 0.6 is 0 Å². The Balaban J connectivity index is 1.67. The van der Waals surface area contributed by atoms with Crippen LogP contribution in [0.5, 0.6) is 0 Å². The molecule has 0 bridgehead atoms. The van der Waals surface area contributed by atoms with Crippen molar-refractivity contribution in [1.82, 2.24) is 14.5 Å². The number of aromatic nitrogens is 2. The SMILES string of the molecule is O=C(c1ccc(F)cc1)[C@@H]1CCCN(Cc2nccn2C(F)F)C1. The number of hydrogen-bond acceptors (Lipinski definition) is 3. The van der Waals surface area contributed by atoms with Crippen molar-refractivity contribution in [1.29, 1.82) is 0 Å². The lowest BCUT2D eigenvalue weighted by Crippen LogP contribution is -2.38. The highest BCUT2D eigenvalue weighted by Crippen LogP contribution is 2.23. The number of halogens is 3. The summed E-state index contributed by atoms with van der Waals surface area (Å²) in [6, 6.07) is 5.51. The Morgan fingerprint density at radius 2 is 2.04 bits per heavy atom. The first-order valence-corrected chi connectivity index (χ1v) is 7.86. The lowest BCUT2D eigenvalue weighted by atomic mass is 9.90. The van der Waals surface area contributed by atoms with E-state index in [2.05, 4.69) is 4.98 Å². The lowest BCUT2D eigenvalue weighted by Gasteiger charge is -2.31. The molecule has 1 aliphatic heterocycles. The maximum atomic E-state index is 13.0. The van der Waals surface area contributed by atoms with E-state index in [-0.39, 0.29) is 24.1 Å². The molecule has 1 aromatic heterocycles. The maximum Gasteiger partial charge on any atom is 0.319 e. The van der Waals surface area contributed by atoms with Gasteiger partial charge in [-0.3, -0.25) is 14.3 Å². The van der Waals surface area contributed by atoms with Gasteiger partial charge in [0.2, 0.25) is 0 Å². The number of nitrogens with zero attached hydrogens (tertiary/aromatic N) is 3. The molecule has 1 atom stereocenters. The molecule has 7 heteroatoms. The maximum absolute atomic E-state index is 13.0. The highest BCUT2D eigenvalue weighted by molar-refractivity contribution is 5.98. The monoisotopic (exact) mass is 337 g/mol. The van der Waals surface area contributed by atoms with Gasteiger partial charge in [-0.25, -0.2) is 9.37 Å². The minimum absolute atomic E-state index is 0.0306. The Kier molecular flexibility index (Phi) is 4.99. The number of benzene rings is 1. The first-order chi connectivity index (χ1) is 11.5. The van der Waals surface area contributed by atoms with Crippen LogP contribution in [0.3, 0.4) is 0 Å². The Bertz CT molecular complexity index is 699. The van der Waals surface area contributed by atoms with Crippen molar-refractivity contribution in [3.8, 4) is 0 Å². The summed E-state index contributed by atoms with van der Waals surface area (Å²) >= 11 is 0. The molecule has 1 saturated heterocycles. The van der Waals surface area contributed by atoms with Gasteiger partial charge in [-0.1, -0.05) is 0 Å². The van der Waals surface area contributed by atoms with Gasteiger partial charge in [0.25, 0.3) is 0 Å². The molecule has 0 amide bonds. The fourth-order valence-electron chi connectivity index (χ4n) is 3.11. The summed E-state index contributed by atoms with van der Waals surface area (Å²) in [7, 11) is 0. The van der Waals surface area contributed by atoms with Crippen molar-refractivity contribution in [3.05, 3.63) is 53.9 Å². The standard InChI is InChI=1S/C17H18F3N3O/c18-14-5-3-12(4-6-14)16(24)13-2-1-8-22(10-13)11-15-21-7-9-23(15)17(19)20/h3-7,9,13,17H,1-2,8,10-11H2/t13-/m1/s1. The van der Waals surface area contributed by atoms with E-state index in [0.717, 1.165) is 24.0 Å². The molecule has 0 radical (unpaired) electrons. The number of ketones is 1. The van der Waals surface area contributed by atoms with Crippen LogP contribution < -0.4 is 0 Å². The van der Waals surface area contributed by atoms with Crippen LogP contribution in [0.2, 0.25) is 0 Å². The molecule has 24 heavy (non-hydrogen) atoms. The Labute approximate surface area is 137 Å². The smallest absolute Gasteiger partial charge is 0.295 e. The summed E-state index contributed by atoms with van der Waals surface area (Å²) in [5.74, 6) is -0.327. The first kappa shape index (κ1) is 16.7. The molecule has 1 aliphatic rings. The summed E-state index contributed by atoms with van der Waals surface area (Å²) in [4.78, 5) is 18.5. The molecule has 0 spiro atoms. The van der Waals surface area contributed by atoms with E-state index in [0.29, 0.717) is 17.9 Å². The summed E-state index contributed by atoms with van der Waals surface area (Å²) < 4.78 is 39.6. The van der Waals surface area contributed by atoms with Crippen molar-refractivity contribution >= 4 is 5.78 Å².